The number of alkyl halides is 3. The quantitative estimate of drug-likeness (QED) is 0.767. The van der Waals surface area contributed by atoms with Crippen LogP contribution in [0.3, 0.4) is 0 Å². The van der Waals surface area contributed by atoms with E-state index in [1.54, 1.807) is 12.1 Å². The number of rotatable bonds is 5. The molecule has 1 aromatic rings. The lowest BCUT2D eigenvalue weighted by molar-refractivity contribution is -0.120. The molecule has 0 aliphatic heterocycles. The first kappa shape index (κ1) is 14.6. The van der Waals surface area contributed by atoms with Crippen molar-refractivity contribution in [2.75, 3.05) is 0 Å². The average Bonchev–Trinajstić information content (AvgIpc) is 2.33. The molecular weight excluding hydrogens is 241 g/mol. The predicted molar refractivity (Wildman–Crippen MR) is 65.5 cm³/mol. The first-order chi connectivity index (χ1) is 8.43. The number of hydrogen-bond acceptors (Lipinski definition) is 1. The summed E-state index contributed by atoms with van der Waals surface area (Å²) in [5, 5.41) is 8.75. The summed E-state index contributed by atoms with van der Waals surface area (Å²) in [5.74, 6) is -1.53. The summed E-state index contributed by atoms with van der Waals surface area (Å²) in [6.45, 7) is 2.11. The van der Waals surface area contributed by atoms with Gasteiger partial charge in [-0.2, -0.15) is 13.2 Å². The van der Waals surface area contributed by atoms with Gasteiger partial charge in [0, 0.05) is 0 Å². The average molecular weight is 258 g/mol. The van der Waals surface area contributed by atoms with Gasteiger partial charge in [-0.05, 0) is 36.5 Å². The molecule has 0 atom stereocenters. The molecule has 100 valence electrons. The molecule has 0 bridgehead atoms. The van der Waals surface area contributed by atoms with Gasteiger partial charge in [0.25, 0.3) is 0 Å². The molecule has 0 aromatic heterocycles. The lowest BCUT2D eigenvalue weighted by atomic mass is 10.0. The molecule has 0 saturated carbocycles. The monoisotopic (exact) mass is 258 g/mol. The molecule has 0 radical (unpaired) electrons. The van der Waals surface area contributed by atoms with E-state index in [0.717, 1.165) is 30.9 Å². The van der Waals surface area contributed by atoms with E-state index in [2.05, 4.69) is 6.92 Å². The second kappa shape index (κ2) is 6.47. The molecule has 18 heavy (non-hydrogen) atoms. The number of halogens is 3. The Morgan fingerprint density at radius 1 is 1.17 bits per heavy atom. The minimum Gasteiger partial charge on any atom is -0.504 e. The van der Waals surface area contributed by atoms with Gasteiger partial charge in [0.2, 0.25) is 0 Å². The summed E-state index contributed by atoms with van der Waals surface area (Å²) in [6.07, 6.45) is -0.569. The largest absolute Gasteiger partial charge is 0.504 e. The van der Waals surface area contributed by atoms with E-state index < -0.39 is 11.9 Å². The van der Waals surface area contributed by atoms with Gasteiger partial charge in [-0.15, -0.1) is 0 Å². The zero-order chi connectivity index (χ0) is 13.6. The molecule has 0 aliphatic carbocycles. The third-order valence-electron chi connectivity index (χ3n) is 2.66. The highest BCUT2D eigenvalue weighted by molar-refractivity contribution is 5.24. The third kappa shape index (κ3) is 4.82. The second-order valence-electron chi connectivity index (χ2n) is 4.21. The maximum absolute atomic E-state index is 12.0. The first-order valence-corrected chi connectivity index (χ1v) is 5.97. The van der Waals surface area contributed by atoms with Crippen molar-refractivity contribution in [3.05, 3.63) is 47.2 Å². The van der Waals surface area contributed by atoms with Crippen LogP contribution in [-0.4, -0.2) is 11.3 Å². The molecule has 0 fully saturated rings. The van der Waals surface area contributed by atoms with Crippen molar-refractivity contribution in [3.8, 4) is 0 Å². The highest BCUT2D eigenvalue weighted by Crippen LogP contribution is 2.23. The van der Waals surface area contributed by atoms with Gasteiger partial charge in [0.05, 0.1) is 0 Å². The van der Waals surface area contributed by atoms with E-state index in [1.165, 1.54) is 5.56 Å². The van der Waals surface area contributed by atoms with E-state index in [1.807, 2.05) is 12.1 Å². The Hall–Kier alpha value is -1.45. The van der Waals surface area contributed by atoms with E-state index in [0.29, 0.717) is 0 Å². The zero-order valence-corrected chi connectivity index (χ0v) is 10.3. The van der Waals surface area contributed by atoms with Crippen LogP contribution in [0.5, 0.6) is 0 Å². The van der Waals surface area contributed by atoms with Crippen LogP contribution < -0.4 is 0 Å². The van der Waals surface area contributed by atoms with Crippen molar-refractivity contribution in [1.29, 1.82) is 0 Å². The number of aryl methyl sites for hydroxylation is 1. The molecule has 0 spiro atoms. The van der Waals surface area contributed by atoms with Crippen molar-refractivity contribution < 1.29 is 18.3 Å². The lowest BCUT2D eigenvalue weighted by Crippen LogP contribution is -2.11. The molecular formula is C14H17F3O. The van der Waals surface area contributed by atoms with Crippen molar-refractivity contribution in [2.24, 2.45) is 0 Å². The summed E-state index contributed by atoms with van der Waals surface area (Å²) in [7, 11) is 0. The molecule has 1 aromatic carbocycles. The number of aliphatic hydroxyl groups excluding tert-OH is 1. The summed E-state index contributed by atoms with van der Waals surface area (Å²) < 4.78 is 36.1. The fourth-order valence-corrected chi connectivity index (χ4v) is 1.55. The maximum atomic E-state index is 12.0. The third-order valence-corrected chi connectivity index (χ3v) is 2.66. The number of unbranched alkanes of at least 4 members (excludes halogenated alkanes) is 1. The van der Waals surface area contributed by atoms with Crippen molar-refractivity contribution in [1.82, 2.24) is 0 Å². The summed E-state index contributed by atoms with van der Waals surface area (Å²) in [5.41, 5.74) is 1.94. The second-order valence-corrected chi connectivity index (χ2v) is 4.21. The lowest BCUT2D eigenvalue weighted by Gasteiger charge is -2.05. The molecule has 1 nitrogen and oxygen atoms in total. The van der Waals surface area contributed by atoms with E-state index in [-0.39, 0.29) is 6.42 Å². The smallest absolute Gasteiger partial charge is 0.448 e. The SMILES string of the molecule is CCCCc1ccc(C/C=C(\O)C(F)(F)F)cc1. The molecule has 0 aliphatic rings. The minimum atomic E-state index is -4.65. The topological polar surface area (TPSA) is 20.2 Å². The maximum Gasteiger partial charge on any atom is 0.448 e. The van der Waals surface area contributed by atoms with Gasteiger partial charge in [-0.1, -0.05) is 37.6 Å². The van der Waals surface area contributed by atoms with E-state index >= 15 is 0 Å². The number of benzene rings is 1. The molecule has 1 rings (SSSR count). The molecule has 0 unspecified atom stereocenters. The number of aliphatic hydroxyl groups is 1. The van der Waals surface area contributed by atoms with Crippen LogP contribution in [0, 0.1) is 0 Å². The van der Waals surface area contributed by atoms with Crippen LogP contribution in [0.2, 0.25) is 0 Å². The summed E-state index contributed by atoms with van der Waals surface area (Å²) >= 11 is 0. The standard InChI is InChI=1S/C14H17F3O/c1-2-3-4-11-5-7-12(8-6-11)9-10-13(18)14(15,16)17/h5-8,10,18H,2-4,9H2,1H3/b13-10-. The fraction of sp³-hybridized carbons (Fsp3) is 0.429. The Morgan fingerprint density at radius 2 is 1.72 bits per heavy atom. The van der Waals surface area contributed by atoms with Crippen molar-refractivity contribution in [3.63, 3.8) is 0 Å². The Bertz CT molecular complexity index is 390. The predicted octanol–water partition coefficient (Wildman–Crippen LogP) is 4.58. The van der Waals surface area contributed by atoms with Gasteiger partial charge in [0.15, 0.2) is 5.76 Å². The van der Waals surface area contributed by atoms with E-state index in [9.17, 15) is 13.2 Å². The highest BCUT2D eigenvalue weighted by atomic mass is 19.4. The van der Waals surface area contributed by atoms with Crippen molar-refractivity contribution >= 4 is 0 Å². The Kier molecular flexibility index (Phi) is 5.25. The van der Waals surface area contributed by atoms with Gasteiger partial charge in [-0.25, -0.2) is 0 Å². The van der Waals surface area contributed by atoms with Crippen LogP contribution in [-0.2, 0) is 12.8 Å². The minimum absolute atomic E-state index is 0.0827. The molecule has 0 heterocycles. The van der Waals surface area contributed by atoms with Crippen LogP contribution in [0.1, 0.15) is 30.9 Å². The molecule has 4 heteroatoms. The van der Waals surface area contributed by atoms with Gasteiger partial charge in [0.1, 0.15) is 0 Å². The van der Waals surface area contributed by atoms with Crippen molar-refractivity contribution in [2.45, 2.75) is 38.8 Å². The van der Waals surface area contributed by atoms with Crippen LogP contribution in [0.4, 0.5) is 13.2 Å². The highest BCUT2D eigenvalue weighted by Gasteiger charge is 2.33. The normalized spacial score (nSPS) is 12.8. The summed E-state index contributed by atoms with van der Waals surface area (Å²) in [6, 6.07) is 7.43. The Balaban J connectivity index is 2.59. The van der Waals surface area contributed by atoms with Crippen LogP contribution in [0.15, 0.2) is 36.1 Å². The fourth-order valence-electron chi connectivity index (χ4n) is 1.55. The summed E-state index contributed by atoms with van der Waals surface area (Å²) in [4.78, 5) is 0. The van der Waals surface area contributed by atoms with Crippen LogP contribution >= 0.6 is 0 Å². The van der Waals surface area contributed by atoms with Gasteiger partial charge >= 0.3 is 6.18 Å². The molecule has 0 saturated heterocycles. The first-order valence-electron chi connectivity index (χ1n) is 5.97. The van der Waals surface area contributed by atoms with E-state index in [4.69, 9.17) is 5.11 Å². The zero-order valence-electron chi connectivity index (χ0n) is 10.3. The number of hydrogen-bond donors (Lipinski definition) is 1. The van der Waals surface area contributed by atoms with Gasteiger partial charge < -0.3 is 5.11 Å². The molecule has 0 amide bonds. The van der Waals surface area contributed by atoms with Gasteiger partial charge in [-0.3, -0.25) is 0 Å². The molecule has 1 N–H and O–H groups in total. The number of allylic oxidation sites excluding steroid dienone is 2. The Morgan fingerprint density at radius 3 is 2.22 bits per heavy atom. The Labute approximate surface area is 105 Å². The van der Waals surface area contributed by atoms with Crippen LogP contribution in [0.25, 0.3) is 0 Å².